The van der Waals surface area contributed by atoms with Crippen molar-refractivity contribution in [3.05, 3.63) is 40.2 Å². The quantitative estimate of drug-likeness (QED) is 0.797. The minimum absolute atomic E-state index is 0.0200. The second kappa shape index (κ2) is 7.17. The average molecular weight is 291 g/mol. The maximum absolute atomic E-state index is 11.0. The van der Waals surface area contributed by atoms with Gasteiger partial charge in [0.2, 0.25) is 0 Å². The maximum atomic E-state index is 11.0. The summed E-state index contributed by atoms with van der Waals surface area (Å²) >= 11 is 1.49. The van der Waals surface area contributed by atoms with Gasteiger partial charge in [0.1, 0.15) is 0 Å². The zero-order valence-electron chi connectivity index (χ0n) is 11.3. The smallest absolute Gasteiger partial charge is 0.308 e. The third-order valence-electron chi connectivity index (χ3n) is 2.84. The minimum Gasteiger partial charge on any atom is -0.481 e. The van der Waals surface area contributed by atoms with E-state index in [1.165, 1.54) is 11.3 Å². The second-order valence-corrected chi connectivity index (χ2v) is 5.58. The van der Waals surface area contributed by atoms with E-state index in [4.69, 9.17) is 9.84 Å². The largest absolute Gasteiger partial charge is 0.481 e. The molecule has 1 aromatic heterocycles. The molecule has 0 aliphatic heterocycles. The standard InChI is InChI=1S/C15H17NO3S/c1-19-9-5-8-13-16-15(11-6-3-2-4-7-11)12(20-13)10-14(17)18/h2-4,6-7H,5,8-10H2,1H3,(H,17,18). The number of hydrogen-bond donors (Lipinski definition) is 1. The molecule has 106 valence electrons. The topological polar surface area (TPSA) is 59.4 Å². The number of ether oxygens (including phenoxy) is 1. The monoisotopic (exact) mass is 291 g/mol. The first-order valence-corrected chi connectivity index (χ1v) is 7.27. The van der Waals surface area contributed by atoms with Crippen molar-refractivity contribution in [2.45, 2.75) is 19.3 Å². The summed E-state index contributed by atoms with van der Waals surface area (Å²) in [4.78, 5) is 16.4. The number of benzene rings is 1. The minimum atomic E-state index is -0.825. The molecule has 1 aromatic carbocycles. The molecule has 2 rings (SSSR count). The van der Waals surface area contributed by atoms with E-state index in [0.29, 0.717) is 6.61 Å². The molecule has 0 fully saturated rings. The number of aromatic nitrogens is 1. The Labute approximate surface area is 122 Å². The fourth-order valence-electron chi connectivity index (χ4n) is 1.95. The summed E-state index contributed by atoms with van der Waals surface area (Å²) in [7, 11) is 1.67. The number of carboxylic acids is 1. The van der Waals surface area contributed by atoms with Crippen molar-refractivity contribution in [1.82, 2.24) is 4.98 Å². The Morgan fingerprint density at radius 1 is 1.35 bits per heavy atom. The molecule has 1 heterocycles. The first kappa shape index (κ1) is 14.7. The molecule has 0 atom stereocenters. The number of carboxylic acid groups (broad SMARTS) is 1. The highest BCUT2D eigenvalue weighted by molar-refractivity contribution is 7.12. The van der Waals surface area contributed by atoms with Crippen LogP contribution in [-0.2, 0) is 22.4 Å². The van der Waals surface area contributed by atoms with Gasteiger partial charge >= 0.3 is 5.97 Å². The summed E-state index contributed by atoms with van der Waals surface area (Å²) < 4.78 is 5.03. The maximum Gasteiger partial charge on any atom is 0.308 e. The normalized spacial score (nSPS) is 10.7. The van der Waals surface area contributed by atoms with Crippen LogP contribution in [0.15, 0.2) is 30.3 Å². The van der Waals surface area contributed by atoms with Crippen molar-refractivity contribution in [2.75, 3.05) is 13.7 Å². The summed E-state index contributed by atoms with van der Waals surface area (Å²) in [5.41, 5.74) is 1.77. The van der Waals surface area contributed by atoms with Gasteiger partial charge in [-0.1, -0.05) is 30.3 Å². The zero-order chi connectivity index (χ0) is 14.4. The van der Waals surface area contributed by atoms with Crippen LogP contribution in [0.2, 0.25) is 0 Å². The lowest BCUT2D eigenvalue weighted by atomic mass is 10.1. The molecule has 4 nitrogen and oxygen atoms in total. The highest BCUT2D eigenvalue weighted by atomic mass is 32.1. The predicted octanol–water partition coefficient (Wildman–Crippen LogP) is 3.02. The average Bonchev–Trinajstić information content (AvgIpc) is 2.82. The molecule has 1 N–H and O–H groups in total. The van der Waals surface area contributed by atoms with Crippen molar-refractivity contribution >= 4 is 17.3 Å². The van der Waals surface area contributed by atoms with Crippen molar-refractivity contribution < 1.29 is 14.6 Å². The van der Waals surface area contributed by atoms with Crippen molar-refractivity contribution in [3.8, 4) is 11.3 Å². The third kappa shape index (κ3) is 3.88. The molecule has 0 spiro atoms. The first-order chi connectivity index (χ1) is 9.70. The van der Waals surface area contributed by atoms with Gasteiger partial charge in [-0.2, -0.15) is 0 Å². The number of aliphatic carboxylic acids is 1. The molecule has 0 aliphatic rings. The fraction of sp³-hybridized carbons (Fsp3) is 0.333. The molecule has 0 bridgehead atoms. The Hall–Kier alpha value is -1.72. The number of methoxy groups -OCH3 is 1. The lowest BCUT2D eigenvalue weighted by molar-refractivity contribution is -0.136. The molecule has 0 amide bonds. The zero-order valence-corrected chi connectivity index (χ0v) is 12.2. The third-order valence-corrected chi connectivity index (χ3v) is 3.95. The molecule has 0 saturated carbocycles. The number of nitrogens with zero attached hydrogens (tertiary/aromatic N) is 1. The van der Waals surface area contributed by atoms with Crippen LogP contribution in [-0.4, -0.2) is 29.8 Å². The molecular weight excluding hydrogens is 274 g/mol. The van der Waals surface area contributed by atoms with Crippen LogP contribution >= 0.6 is 11.3 Å². The Bertz CT molecular complexity index is 566. The van der Waals surface area contributed by atoms with E-state index in [1.807, 2.05) is 30.3 Å². The number of rotatable bonds is 7. The second-order valence-electron chi connectivity index (χ2n) is 4.41. The Balaban J connectivity index is 2.25. The molecule has 2 aromatic rings. The molecule has 0 radical (unpaired) electrons. The van der Waals surface area contributed by atoms with Crippen molar-refractivity contribution in [2.24, 2.45) is 0 Å². The lowest BCUT2D eigenvalue weighted by Gasteiger charge is -1.99. The van der Waals surface area contributed by atoms with Crippen LogP contribution in [0.1, 0.15) is 16.3 Å². The number of carbonyl (C=O) groups is 1. The molecule has 0 aliphatic carbocycles. The van der Waals surface area contributed by atoms with Gasteiger partial charge in [-0.05, 0) is 6.42 Å². The number of thiazole rings is 1. The van der Waals surface area contributed by atoms with Crippen LogP contribution < -0.4 is 0 Å². The van der Waals surface area contributed by atoms with Gasteiger partial charge in [0.25, 0.3) is 0 Å². The van der Waals surface area contributed by atoms with E-state index >= 15 is 0 Å². The number of aryl methyl sites for hydroxylation is 1. The van der Waals surface area contributed by atoms with Gasteiger partial charge in [-0.25, -0.2) is 4.98 Å². The Morgan fingerprint density at radius 2 is 2.10 bits per heavy atom. The fourth-order valence-corrected chi connectivity index (χ4v) is 3.08. The van der Waals surface area contributed by atoms with Gasteiger partial charge in [-0.3, -0.25) is 4.79 Å². The molecule has 0 unspecified atom stereocenters. The lowest BCUT2D eigenvalue weighted by Crippen LogP contribution is -1.99. The van der Waals surface area contributed by atoms with E-state index < -0.39 is 5.97 Å². The van der Waals surface area contributed by atoms with Gasteiger partial charge in [-0.15, -0.1) is 11.3 Å². The van der Waals surface area contributed by atoms with E-state index in [-0.39, 0.29) is 6.42 Å². The highest BCUT2D eigenvalue weighted by Crippen LogP contribution is 2.29. The molecular formula is C15H17NO3S. The van der Waals surface area contributed by atoms with Gasteiger partial charge in [0.15, 0.2) is 0 Å². The predicted molar refractivity (Wildman–Crippen MR) is 79.1 cm³/mol. The van der Waals surface area contributed by atoms with Crippen LogP contribution in [0, 0.1) is 0 Å². The van der Waals surface area contributed by atoms with Gasteiger partial charge < -0.3 is 9.84 Å². The summed E-state index contributed by atoms with van der Waals surface area (Å²) in [6, 6.07) is 9.72. The van der Waals surface area contributed by atoms with Crippen LogP contribution in [0.5, 0.6) is 0 Å². The Morgan fingerprint density at radius 3 is 2.75 bits per heavy atom. The molecule has 5 heteroatoms. The van der Waals surface area contributed by atoms with E-state index in [9.17, 15) is 4.79 Å². The molecule has 0 saturated heterocycles. The van der Waals surface area contributed by atoms with Gasteiger partial charge in [0, 0.05) is 30.6 Å². The van der Waals surface area contributed by atoms with E-state index in [0.717, 1.165) is 34.0 Å². The SMILES string of the molecule is COCCCc1nc(-c2ccccc2)c(CC(=O)O)s1. The first-order valence-electron chi connectivity index (χ1n) is 6.45. The van der Waals surface area contributed by atoms with E-state index in [2.05, 4.69) is 4.98 Å². The molecule has 20 heavy (non-hydrogen) atoms. The van der Waals surface area contributed by atoms with Crippen molar-refractivity contribution in [3.63, 3.8) is 0 Å². The van der Waals surface area contributed by atoms with E-state index in [1.54, 1.807) is 7.11 Å². The number of hydrogen-bond acceptors (Lipinski definition) is 4. The summed E-state index contributed by atoms with van der Waals surface area (Å²) in [6.07, 6.45) is 1.73. The Kier molecular flexibility index (Phi) is 5.26. The highest BCUT2D eigenvalue weighted by Gasteiger charge is 2.15. The van der Waals surface area contributed by atoms with Crippen LogP contribution in [0.25, 0.3) is 11.3 Å². The summed E-state index contributed by atoms with van der Waals surface area (Å²) in [6.45, 7) is 0.689. The summed E-state index contributed by atoms with van der Waals surface area (Å²) in [5.74, 6) is -0.825. The van der Waals surface area contributed by atoms with Crippen LogP contribution in [0.4, 0.5) is 0 Å². The van der Waals surface area contributed by atoms with Crippen molar-refractivity contribution in [1.29, 1.82) is 0 Å². The van der Waals surface area contributed by atoms with Crippen LogP contribution in [0.3, 0.4) is 0 Å². The van der Waals surface area contributed by atoms with Gasteiger partial charge in [0.05, 0.1) is 17.1 Å². The summed E-state index contributed by atoms with van der Waals surface area (Å²) in [5, 5.41) is 9.99.